The van der Waals surface area contributed by atoms with E-state index < -0.39 is 5.60 Å². The summed E-state index contributed by atoms with van der Waals surface area (Å²) in [6.07, 6.45) is 0.890. The zero-order valence-electron chi connectivity index (χ0n) is 8.36. The zero-order valence-corrected chi connectivity index (χ0v) is 8.36. The maximum atomic E-state index is 10.4. The van der Waals surface area contributed by atoms with Crippen LogP contribution in [0.2, 0.25) is 0 Å². The lowest BCUT2D eigenvalue weighted by Gasteiger charge is -2.35. The largest absolute Gasteiger partial charge is 0.389 e. The first-order valence-corrected chi connectivity index (χ1v) is 4.65. The summed E-state index contributed by atoms with van der Waals surface area (Å²) in [4.78, 5) is 14.4. The molecule has 0 aromatic heterocycles. The van der Waals surface area contributed by atoms with Crippen molar-refractivity contribution in [2.45, 2.75) is 19.4 Å². The third-order valence-corrected chi connectivity index (χ3v) is 2.17. The predicted octanol–water partition coefficient (Wildman–Crippen LogP) is -0.469. The summed E-state index contributed by atoms with van der Waals surface area (Å²) in [6.45, 7) is 7.57. The molecule has 1 heterocycles. The van der Waals surface area contributed by atoms with Crippen molar-refractivity contribution in [3.8, 4) is 0 Å². The van der Waals surface area contributed by atoms with Crippen LogP contribution >= 0.6 is 0 Å². The Morgan fingerprint density at radius 1 is 1.31 bits per heavy atom. The van der Waals surface area contributed by atoms with Gasteiger partial charge < -0.3 is 10.0 Å². The molecule has 0 atom stereocenters. The molecule has 0 radical (unpaired) electrons. The van der Waals surface area contributed by atoms with Crippen molar-refractivity contribution >= 4 is 6.41 Å². The van der Waals surface area contributed by atoms with Crippen molar-refractivity contribution in [3.63, 3.8) is 0 Å². The molecule has 0 bridgehead atoms. The molecule has 0 aromatic rings. The summed E-state index contributed by atoms with van der Waals surface area (Å²) in [5.74, 6) is 0. The molecular weight excluding hydrogens is 168 g/mol. The SMILES string of the molecule is CC(C)(O)CN1CCN(C=O)CC1. The lowest BCUT2D eigenvalue weighted by atomic mass is 10.1. The van der Waals surface area contributed by atoms with Gasteiger partial charge in [0, 0.05) is 32.7 Å². The summed E-state index contributed by atoms with van der Waals surface area (Å²) >= 11 is 0. The average Bonchev–Trinajstić information content (AvgIpc) is 2.03. The van der Waals surface area contributed by atoms with E-state index in [1.165, 1.54) is 0 Å². The molecule has 1 aliphatic rings. The molecule has 4 heteroatoms. The van der Waals surface area contributed by atoms with Crippen LogP contribution in [0.5, 0.6) is 0 Å². The van der Waals surface area contributed by atoms with E-state index in [2.05, 4.69) is 4.90 Å². The number of β-amino-alcohol motifs (C(OH)–C–C–N with tert-alkyl or cyclic N) is 1. The number of piperazine rings is 1. The van der Waals surface area contributed by atoms with Crippen LogP contribution in [0.3, 0.4) is 0 Å². The van der Waals surface area contributed by atoms with Crippen LogP contribution in [0.1, 0.15) is 13.8 Å². The van der Waals surface area contributed by atoms with Crippen molar-refractivity contribution in [2.75, 3.05) is 32.7 Å². The molecule has 0 aromatic carbocycles. The minimum Gasteiger partial charge on any atom is -0.389 e. The van der Waals surface area contributed by atoms with Gasteiger partial charge in [0.05, 0.1) is 5.60 Å². The van der Waals surface area contributed by atoms with Gasteiger partial charge in [-0.05, 0) is 13.8 Å². The molecule has 1 N–H and O–H groups in total. The van der Waals surface area contributed by atoms with Gasteiger partial charge in [-0.15, -0.1) is 0 Å². The fourth-order valence-corrected chi connectivity index (χ4v) is 1.57. The van der Waals surface area contributed by atoms with Crippen molar-refractivity contribution in [3.05, 3.63) is 0 Å². The fraction of sp³-hybridized carbons (Fsp3) is 0.889. The number of amides is 1. The van der Waals surface area contributed by atoms with Crippen molar-refractivity contribution in [1.29, 1.82) is 0 Å². The molecule has 0 saturated carbocycles. The first kappa shape index (κ1) is 10.5. The van der Waals surface area contributed by atoms with Crippen LogP contribution in [0, 0.1) is 0 Å². The Balaban J connectivity index is 2.29. The van der Waals surface area contributed by atoms with Gasteiger partial charge in [-0.2, -0.15) is 0 Å². The van der Waals surface area contributed by atoms with Gasteiger partial charge >= 0.3 is 0 Å². The van der Waals surface area contributed by atoms with E-state index in [0.29, 0.717) is 6.54 Å². The zero-order chi connectivity index (χ0) is 9.90. The molecule has 13 heavy (non-hydrogen) atoms. The number of hydrogen-bond donors (Lipinski definition) is 1. The topological polar surface area (TPSA) is 43.8 Å². The highest BCUT2D eigenvalue weighted by Crippen LogP contribution is 2.07. The lowest BCUT2D eigenvalue weighted by Crippen LogP contribution is -2.49. The van der Waals surface area contributed by atoms with E-state index in [1.807, 2.05) is 0 Å². The molecule has 1 aliphatic heterocycles. The maximum Gasteiger partial charge on any atom is 0.209 e. The predicted molar refractivity (Wildman–Crippen MR) is 50.4 cm³/mol. The van der Waals surface area contributed by atoms with Gasteiger partial charge in [0.15, 0.2) is 0 Å². The Morgan fingerprint density at radius 2 is 1.85 bits per heavy atom. The standard InChI is InChI=1S/C9H18N2O2/c1-9(2,13)7-10-3-5-11(8-12)6-4-10/h8,13H,3-7H2,1-2H3. The van der Waals surface area contributed by atoms with E-state index in [9.17, 15) is 9.90 Å². The van der Waals surface area contributed by atoms with Crippen molar-refractivity contribution < 1.29 is 9.90 Å². The highest BCUT2D eigenvalue weighted by Gasteiger charge is 2.21. The van der Waals surface area contributed by atoms with E-state index >= 15 is 0 Å². The van der Waals surface area contributed by atoms with E-state index in [-0.39, 0.29) is 0 Å². The molecule has 1 fully saturated rings. The van der Waals surface area contributed by atoms with Crippen LogP contribution in [0.25, 0.3) is 0 Å². The Kier molecular flexibility index (Phi) is 3.27. The molecule has 0 spiro atoms. The molecule has 1 rings (SSSR count). The Bertz CT molecular complexity index is 169. The monoisotopic (exact) mass is 186 g/mol. The third kappa shape index (κ3) is 3.74. The van der Waals surface area contributed by atoms with Crippen molar-refractivity contribution in [1.82, 2.24) is 9.80 Å². The molecule has 0 aliphatic carbocycles. The molecule has 0 unspecified atom stereocenters. The first-order chi connectivity index (χ1) is 6.01. The summed E-state index contributed by atoms with van der Waals surface area (Å²) in [7, 11) is 0. The molecular formula is C9H18N2O2. The number of hydrogen-bond acceptors (Lipinski definition) is 3. The van der Waals surface area contributed by atoms with Gasteiger partial charge in [0.2, 0.25) is 6.41 Å². The highest BCUT2D eigenvalue weighted by molar-refractivity contribution is 5.47. The summed E-state index contributed by atoms with van der Waals surface area (Å²) in [6, 6.07) is 0. The third-order valence-electron chi connectivity index (χ3n) is 2.17. The van der Waals surface area contributed by atoms with Crippen LogP contribution in [0.15, 0.2) is 0 Å². The van der Waals surface area contributed by atoms with E-state index in [0.717, 1.165) is 32.6 Å². The minimum absolute atomic E-state index is 0.636. The molecule has 1 amide bonds. The maximum absolute atomic E-state index is 10.4. The smallest absolute Gasteiger partial charge is 0.209 e. The summed E-state index contributed by atoms with van der Waals surface area (Å²) in [5, 5.41) is 9.57. The fourth-order valence-electron chi connectivity index (χ4n) is 1.57. The Morgan fingerprint density at radius 3 is 2.23 bits per heavy atom. The van der Waals surface area contributed by atoms with Gasteiger partial charge in [0.1, 0.15) is 0 Å². The van der Waals surface area contributed by atoms with Gasteiger partial charge in [-0.25, -0.2) is 0 Å². The second-order valence-electron chi connectivity index (χ2n) is 4.23. The van der Waals surface area contributed by atoms with Gasteiger partial charge in [0.25, 0.3) is 0 Å². The van der Waals surface area contributed by atoms with Gasteiger partial charge in [-0.1, -0.05) is 0 Å². The molecule has 76 valence electrons. The lowest BCUT2D eigenvalue weighted by molar-refractivity contribution is -0.120. The number of nitrogens with zero attached hydrogens (tertiary/aromatic N) is 2. The van der Waals surface area contributed by atoms with E-state index in [4.69, 9.17) is 0 Å². The average molecular weight is 186 g/mol. The Labute approximate surface area is 79.1 Å². The van der Waals surface area contributed by atoms with Gasteiger partial charge in [-0.3, -0.25) is 9.69 Å². The second-order valence-corrected chi connectivity index (χ2v) is 4.23. The summed E-state index contributed by atoms with van der Waals surface area (Å²) < 4.78 is 0. The number of carbonyl (C=O) groups is 1. The summed E-state index contributed by atoms with van der Waals surface area (Å²) in [5.41, 5.74) is -0.636. The number of rotatable bonds is 3. The highest BCUT2D eigenvalue weighted by atomic mass is 16.3. The van der Waals surface area contributed by atoms with Crippen LogP contribution in [0.4, 0.5) is 0 Å². The molecule has 1 saturated heterocycles. The van der Waals surface area contributed by atoms with Crippen molar-refractivity contribution in [2.24, 2.45) is 0 Å². The van der Waals surface area contributed by atoms with E-state index in [1.54, 1.807) is 18.7 Å². The first-order valence-electron chi connectivity index (χ1n) is 4.65. The number of aliphatic hydroxyl groups is 1. The Hall–Kier alpha value is -0.610. The quantitative estimate of drug-likeness (QED) is 0.606. The normalized spacial score (nSPS) is 20.4. The van der Waals surface area contributed by atoms with Crippen LogP contribution < -0.4 is 0 Å². The second kappa shape index (κ2) is 4.07. The minimum atomic E-state index is -0.636. The molecule has 4 nitrogen and oxygen atoms in total. The number of carbonyl (C=O) groups excluding carboxylic acids is 1. The van der Waals surface area contributed by atoms with Crippen LogP contribution in [-0.4, -0.2) is 59.6 Å². The van der Waals surface area contributed by atoms with Crippen LogP contribution in [-0.2, 0) is 4.79 Å².